The molecule has 2 atom stereocenters. The number of ether oxygens (including phenoxy) is 1. The highest BCUT2D eigenvalue weighted by Crippen LogP contribution is 2.28. The molecule has 0 saturated carbocycles. The van der Waals surface area contributed by atoms with Crippen molar-refractivity contribution >= 4 is 9.84 Å². The quantitative estimate of drug-likeness (QED) is 0.783. The smallest absolute Gasteiger partial charge is 0.387 e. The second-order valence-electron chi connectivity index (χ2n) is 6.46. The molecule has 1 aromatic carbocycles. The van der Waals surface area contributed by atoms with E-state index in [1.165, 1.54) is 12.1 Å². The number of aliphatic hydroxyl groups excluding tert-OH is 1. The van der Waals surface area contributed by atoms with Gasteiger partial charge in [-0.05, 0) is 17.7 Å². The first-order chi connectivity index (χ1) is 11.9. The third kappa shape index (κ3) is 4.46. The van der Waals surface area contributed by atoms with Gasteiger partial charge < -0.3 is 9.84 Å². The second kappa shape index (κ2) is 7.53. The van der Waals surface area contributed by atoms with Crippen LogP contribution in [0.5, 0.6) is 5.75 Å². The molecule has 6 nitrogen and oxygen atoms in total. The van der Waals surface area contributed by atoms with Crippen molar-refractivity contribution in [3.05, 3.63) is 29.8 Å². The van der Waals surface area contributed by atoms with Gasteiger partial charge in [0.05, 0.1) is 18.1 Å². The number of aliphatic hydroxyl groups is 1. The summed E-state index contributed by atoms with van der Waals surface area (Å²) in [7, 11) is -3.09. The van der Waals surface area contributed by atoms with Crippen LogP contribution in [-0.4, -0.2) is 79.8 Å². The van der Waals surface area contributed by atoms with Gasteiger partial charge in [0.25, 0.3) is 0 Å². The molecular weight excluding hydrogens is 354 g/mol. The maximum Gasteiger partial charge on any atom is 0.387 e. The van der Waals surface area contributed by atoms with Crippen LogP contribution in [0, 0.1) is 0 Å². The molecule has 2 heterocycles. The second-order valence-corrected chi connectivity index (χ2v) is 8.62. The van der Waals surface area contributed by atoms with Crippen LogP contribution in [0.2, 0.25) is 0 Å². The van der Waals surface area contributed by atoms with Gasteiger partial charge in [-0.1, -0.05) is 12.1 Å². The van der Waals surface area contributed by atoms with E-state index in [0.29, 0.717) is 26.2 Å². The first-order valence-corrected chi connectivity index (χ1v) is 10.0. The van der Waals surface area contributed by atoms with E-state index < -0.39 is 16.4 Å². The molecule has 1 N–H and O–H groups in total. The normalized spacial score (nSPS) is 26.7. The molecule has 1 aromatic rings. The van der Waals surface area contributed by atoms with Crippen LogP contribution in [0.3, 0.4) is 0 Å². The standard InChI is InChI=1S/C16H22F2N2O4S/c17-16(18)24-13-3-1-12(2-4-13)9-20-6-5-19(7-8-21)14-10-25(22,23)11-15(14)20/h1-4,14-16,21H,5-11H2. The van der Waals surface area contributed by atoms with Gasteiger partial charge in [-0.25, -0.2) is 8.42 Å². The van der Waals surface area contributed by atoms with E-state index in [1.54, 1.807) is 12.1 Å². The molecule has 0 bridgehead atoms. The zero-order chi connectivity index (χ0) is 18.0. The average Bonchev–Trinajstić information content (AvgIpc) is 2.87. The molecule has 3 rings (SSSR count). The van der Waals surface area contributed by atoms with E-state index in [4.69, 9.17) is 0 Å². The molecule has 2 aliphatic rings. The van der Waals surface area contributed by atoms with Crippen molar-refractivity contribution in [2.24, 2.45) is 0 Å². The lowest BCUT2D eigenvalue weighted by Crippen LogP contribution is -2.59. The number of rotatable bonds is 6. The number of nitrogens with zero attached hydrogens (tertiary/aromatic N) is 2. The van der Waals surface area contributed by atoms with E-state index in [0.717, 1.165) is 5.56 Å². The van der Waals surface area contributed by atoms with Crippen LogP contribution in [0.25, 0.3) is 0 Å². The van der Waals surface area contributed by atoms with Crippen molar-refractivity contribution < 1.29 is 27.0 Å². The van der Waals surface area contributed by atoms with Crippen molar-refractivity contribution in [1.82, 2.24) is 9.80 Å². The number of sulfone groups is 1. The lowest BCUT2D eigenvalue weighted by atomic mass is 10.0. The summed E-state index contributed by atoms with van der Waals surface area (Å²) in [6, 6.07) is 6.21. The molecule has 2 unspecified atom stereocenters. The van der Waals surface area contributed by atoms with Crippen LogP contribution in [-0.2, 0) is 16.4 Å². The fourth-order valence-corrected chi connectivity index (χ4v) is 5.75. The van der Waals surface area contributed by atoms with Crippen LogP contribution < -0.4 is 4.74 Å². The van der Waals surface area contributed by atoms with Crippen LogP contribution in [0.1, 0.15) is 5.56 Å². The van der Waals surface area contributed by atoms with Crippen molar-refractivity contribution in [2.45, 2.75) is 25.2 Å². The molecule has 0 aromatic heterocycles. The highest BCUT2D eigenvalue weighted by atomic mass is 32.2. The first kappa shape index (κ1) is 18.5. The highest BCUT2D eigenvalue weighted by Gasteiger charge is 2.46. The Labute approximate surface area is 145 Å². The molecular formula is C16H22F2N2O4S. The van der Waals surface area contributed by atoms with Gasteiger partial charge in [0.15, 0.2) is 9.84 Å². The summed E-state index contributed by atoms with van der Waals surface area (Å²) < 4.78 is 52.9. The molecule has 2 saturated heterocycles. The van der Waals surface area contributed by atoms with E-state index in [1.807, 2.05) is 4.90 Å². The Morgan fingerprint density at radius 3 is 2.32 bits per heavy atom. The third-order valence-corrected chi connectivity index (χ3v) is 6.53. The summed E-state index contributed by atoms with van der Waals surface area (Å²) in [4.78, 5) is 4.18. The number of halogens is 2. The SMILES string of the molecule is O=S1(=O)CC2C(C1)N(Cc1ccc(OC(F)F)cc1)CCN2CCO. The topological polar surface area (TPSA) is 70.1 Å². The number of β-amino-alcohol motifs (C(OH)–C–C–N with tert-alkyl or cyclic N) is 1. The Hall–Kier alpha value is -1.29. The van der Waals surface area contributed by atoms with Crippen molar-refractivity contribution in [3.63, 3.8) is 0 Å². The molecule has 0 spiro atoms. The van der Waals surface area contributed by atoms with Crippen LogP contribution in [0.4, 0.5) is 8.78 Å². The number of alkyl halides is 2. The third-order valence-electron chi connectivity index (χ3n) is 4.83. The lowest BCUT2D eigenvalue weighted by molar-refractivity contribution is -0.0498. The Kier molecular flexibility index (Phi) is 5.57. The fraction of sp³-hybridized carbons (Fsp3) is 0.625. The zero-order valence-corrected chi connectivity index (χ0v) is 14.5. The van der Waals surface area contributed by atoms with E-state index in [2.05, 4.69) is 9.64 Å². The van der Waals surface area contributed by atoms with E-state index in [9.17, 15) is 22.3 Å². The summed E-state index contributed by atoms with van der Waals surface area (Å²) in [5, 5.41) is 9.19. The number of benzene rings is 1. The Balaban J connectivity index is 1.70. The van der Waals surface area contributed by atoms with E-state index in [-0.39, 0.29) is 35.9 Å². The predicted molar refractivity (Wildman–Crippen MR) is 88.4 cm³/mol. The minimum Gasteiger partial charge on any atom is -0.435 e. The Morgan fingerprint density at radius 2 is 1.72 bits per heavy atom. The van der Waals surface area contributed by atoms with Gasteiger partial charge in [-0.15, -0.1) is 0 Å². The van der Waals surface area contributed by atoms with E-state index >= 15 is 0 Å². The molecule has 0 amide bonds. The zero-order valence-electron chi connectivity index (χ0n) is 13.7. The van der Waals surface area contributed by atoms with Gasteiger partial charge in [-0.3, -0.25) is 9.80 Å². The molecule has 9 heteroatoms. The molecule has 0 radical (unpaired) electrons. The highest BCUT2D eigenvalue weighted by molar-refractivity contribution is 7.91. The molecule has 140 valence electrons. The minimum atomic E-state index is -3.09. The summed E-state index contributed by atoms with van der Waals surface area (Å²) >= 11 is 0. The maximum atomic E-state index is 12.2. The lowest BCUT2D eigenvalue weighted by Gasteiger charge is -2.43. The largest absolute Gasteiger partial charge is 0.435 e. The van der Waals surface area contributed by atoms with Crippen molar-refractivity contribution in [3.8, 4) is 5.75 Å². The Bertz CT molecular complexity index is 684. The van der Waals surface area contributed by atoms with Crippen LogP contribution in [0.15, 0.2) is 24.3 Å². The number of hydrogen-bond acceptors (Lipinski definition) is 6. The number of piperazine rings is 1. The van der Waals surface area contributed by atoms with Gasteiger partial charge in [0.1, 0.15) is 5.75 Å². The first-order valence-electron chi connectivity index (χ1n) is 8.21. The summed E-state index contributed by atoms with van der Waals surface area (Å²) in [6.07, 6.45) is 0. The minimum absolute atomic E-state index is 0.00880. The van der Waals surface area contributed by atoms with Gasteiger partial charge in [-0.2, -0.15) is 8.78 Å². The molecule has 0 aliphatic carbocycles. The monoisotopic (exact) mass is 376 g/mol. The van der Waals surface area contributed by atoms with Crippen molar-refractivity contribution in [2.75, 3.05) is 37.7 Å². The van der Waals surface area contributed by atoms with Gasteiger partial charge >= 0.3 is 6.61 Å². The number of fused-ring (bicyclic) bond motifs is 1. The fourth-order valence-electron chi connectivity index (χ4n) is 3.71. The van der Waals surface area contributed by atoms with Crippen LogP contribution >= 0.6 is 0 Å². The summed E-state index contributed by atoms with van der Waals surface area (Å²) in [5.41, 5.74) is 0.917. The average molecular weight is 376 g/mol. The van der Waals surface area contributed by atoms with Crippen molar-refractivity contribution in [1.29, 1.82) is 0 Å². The summed E-state index contributed by atoms with van der Waals surface area (Å²) in [5.74, 6) is 0.342. The summed E-state index contributed by atoms with van der Waals surface area (Å²) in [6.45, 7) is -0.414. The molecule has 2 fully saturated rings. The number of hydrogen-bond donors (Lipinski definition) is 1. The molecule has 25 heavy (non-hydrogen) atoms. The molecule has 2 aliphatic heterocycles. The Morgan fingerprint density at radius 1 is 1.12 bits per heavy atom. The predicted octanol–water partition coefficient (Wildman–Crippen LogP) is 0.563. The van der Waals surface area contributed by atoms with Gasteiger partial charge in [0.2, 0.25) is 0 Å². The maximum absolute atomic E-state index is 12.2. The van der Waals surface area contributed by atoms with Gasteiger partial charge in [0, 0.05) is 38.3 Å².